The normalized spacial score (nSPS) is 12.9. The molecule has 0 amide bonds. The zero-order valence-electron chi connectivity index (χ0n) is 4.98. The van der Waals surface area contributed by atoms with E-state index in [4.69, 9.17) is 1.37 Å². The van der Waals surface area contributed by atoms with Crippen LogP contribution < -0.4 is 0 Å². The molecule has 0 aliphatic heterocycles. The minimum atomic E-state index is -1.42. The van der Waals surface area contributed by atoms with E-state index in [-0.39, 0.29) is 3.79 Å². The van der Waals surface area contributed by atoms with Crippen molar-refractivity contribution in [2.75, 3.05) is 6.23 Å². The first-order valence-corrected chi connectivity index (χ1v) is 10.3. The molecule has 0 spiro atoms. The predicted molar refractivity (Wildman–Crippen MR) is 47.9 cm³/mol. The third-order valence-corrected chi connectivity index (χ3v) is 10.2. The van der Waals surface area contributed by atoms with Gasteiger partial charge >= 0.3 is 56.8 Å². The van der Waals surface area contributed by atoms with Gasteiger partial charge in [-0.2, -0.15) is 0 Å². The van der Waals surface area contributed by atoms with Crippen molar-refractivity contribution in [2.24, 2.45) is 0 Å². The summed E-state index contributed by atoms with van der Waals surface area (Å²) in [5, 5.41) is 0. The fourth-order valence-electron chi connectivity index (χ4n) is 0.0768. The van der Waals surface area contributed by atoms with Crippen molar-refractivity contribution < 1.29 is 6.17 Å². The van der Waals surface area contributed by atoms with Crippen molar-refractivity contribution in [2.45, 2.75) is 6.92 Å². The van der Waals surface area contributed by atoms with Gasteiger partial charge in [-0.25, -0.2) is 0 Å². The van der Waals surface area contributed by atoms with E-state index in [1.54, 1.807) is 6.92 Å². The zero-order valence-corrected chi connectivity index (χ0v) is 8.11. The van der Waals surface area contributed by atoms with Crippen molar-refractivity contribution in [1.82, 2.24) is 0 Å². The Morgan fingerprint density at radius 1 is 2.14 bits per heavy atom. The summed E-state index contributed by atoms with van der Waals surface area (Å²) in [5.74, 6) is 0. The van der Waals surface area contributed by atoms with Crippen LogP contribution in [0.4, 0.5) is 0 Å². The van der Waals surface area contributed by atoms with Gasteiger partial charge in [0.2, 0.25) is 0 Å². The molecule has 44 valence electrons. The van der Waals surface area contributed by atoms with Crippen molar-refractivity contribution in [3.63, 3.8) is 0 Å². The monoisotopic (exact) mass is 251 g/mol. The van der Waals surface area contributed by atoms with Crippen LogP contribution in [0.15, 0.2) is 0 Å². The number of hydrogen-bond donors (Lipinski definition) is 0. The topological polar surface area (TPSA) is 17.1 Å². The molecule has 0 N–H and O–H groups in total. The molecular formula is C3H8IOPS. The van der Waals surface area contributed by atoms with Crippen LogP contribution in [0.25, 0.3) is 0 Å². The minimum absolute atomic E-state index is 0.274. The van der Waals surface area contributed by atoms with E-state index in [1.165, 1.54) is 8.93 Å². The summed E-state index contributed by atoms with van der Waals surface area (Å²) in [6.07, 6.45) is 0.327. The Morgan fingerprint density at radius 3 is 2.86 bits per heavy atom. The van der Waals surface area contributed by atoms with Gasteiger partial charge in [-0.05, 0) is 0 Å². The molecule has 0 aliphatic carbocycles. The molecule has 1 unspecified atom stereocenters. The molecule has 0 heterocycles. The second-order valence-corrected chi connectivity index (χ2v) is 13.3. The molecule has 0 aliphatic rings. The number of carbonyl (C=O) groups excluding carboxylic acids is 1. The zero-order chi connectivity index (χ0) is 6.57. The van der Waals surface area contributed by atoms with Crippen LogP contribution in [0, 0.1) is 0 Å². The maximum absolute atomic E-state index is 10.5. The summed E-state index contributed by atoms with van der Waals surface area (Å²) in [5.41, 5.74) is 0. The molecule has 1 atom stereocenters. The predicted octanol–water partition coefficient (Wildman–Crippen LogP) is 2.11. The van der Waals surface area contributed by atoms with Gasteiger partial charge in [-0.3, -0.25) is 0 Å². The van der Waals surface area contributed by atoms with E-state index in [1.807, 2.05) is 0 Å². The second kappa shape index (κ2) is 4.10. The SMILES string of the molecule is [2H]CSI(P)C(C)=O. The van der Waals surface area contributed by atoms with Gasteiger partial charge in [0, 0.05) is 0 Å². The maximum atomic E-state index is 10.5. The first kappa shape index (κ1) is 6.30. The molecule has 1 nitrogen and oxygen atoms in total. The molecule has 4 heteroatoms. The Hall–Kier alpha value is 1.18. The molecule has 0 bridgehead atoms. The van der Waals surface area contributed by atoms with E-state index in [0.29, 0.717) is 6.23 Å². The number of rotatable bonds is 2. The van der Waals surface area contributed by atoms with E-state index >= 15 is 0 Å². The van der Waals surface area contributed by atoms with Crippen LogP contribution in [-0.4, -0.2) is 10.0 Å². The van der Waals surface area contributed by atoms with Gasteiger partial charge in [0.15, 0.2) is 0 Å². The van der Waals surface area contributed by atoms with E-state index in [2.05, 4.69) is 6.88 Å². The Kier molecular flexibility index (Phi) is 3.69. The van der Waals surface area contributed by atoms with E-state index in [9.17, 15) is 4.79 Å². The van der Waals surface area contributed by atoms with Crippen molar-refractivity contribution in [3.8, 4) is 0 Å². The molecule has 7 heavy (non-hydrogen) atoms. The molecule has 0 fully saturated rings. The Bertz CT molecular complexity index is 91.4. The third-order valence-electron chi connectivity index (χ3n) is 0.380. The molecule has 0 aromatic heterocycles. The average molecular weight is 251 g/mol. The molecule has 0 radical (unpaired) electrons. The van der Waals surface area contributed by atoms with E-state index in [0.717, 1.165) is 0 Å². The summed E-state index contributed by atoms with van der Waals surface area (Å²) >= 11 is -1.42. The summed E-state index contributed by atoms with van der Waals surface area (Å²) in [6, 6.07) is 0. The molecule has 0 saturated heterocycles. The molecule has 0 aromatic rings. The third kappa shape index (κ3) is 3.74. The summed E-state index contributed by atoms with van der Waals surface area (Å²) < 4.78 is 7.04. The van der Waals surface area contributed by atoms with Gasteiger partial charge in [0.1, 0.15) is 0 Å². The fraction of sp³-hybridized carbons (Fsp3) is 0.667. The van der Waals surface area contributed by atoms with Crippen molar-refractivity contribution >= 4 is 37.5 Å². The van der Waals surface area contributed by atoms with Gasteiger partial charge in [-0.1, -0.05) is 0 Å². The first-order valence-electron chi connectivity index (χ1n) is 2.26. The van der Waals surface area contributed by atoms with Crippen LogP contribution in [0.5, 0.6) is 0 Å². The standard InChI is InChI=1S/C3H8IOPS/c1-3(5)4(6)7-2/h6H2,1-2H3/i2D. The summed E-state index contributed by atoms with van der Waals surface area (Å²) in [7, 11) is 1.48. The Morgan fingerprint density at radius 2 is 2.71 bits per heavy atom. The molecule has 0 saturated carbocycles. The number of hydrogen-bond acceptors (Lipinski definition) is 2. The first-order chi connectivity index (χ1) is 3.68. The molecule has 0 aromatic carbocycles. The van der Waals surface area contributed by atoms with Crippen LogP contribution >= 0.6 is 33.7 Å². The van der Waals surface area contributed by atoms with Crippen LogP contribution in [0.1, 0.15) is 8.29 Å². The van der Waals surface area contributed by atoms with Crippen LogP contribution in [0.3, 0.4) is 0 Å². The van der Waals surface area contributed by atoms with Gasteiger partial charge in [-0.15, -0.1) is 0 Å². The Labute approximate surface area is 56.8 Å². The van der Waals surface area contributed by atoms with Crippen molar-refractivity contribution in [1.29, 1.82) is 0 Å². The second-order valence-electron chi connectivity index (χ2n) is 0.855. The van der Waals surface area contributed by atoms with Gasteiger partial charge in [0.25, 0.3) is 0 Å². The number of halogens is 1. The quantitative estimate of drug-likeness (QED) is 0.424. The van der Waals surface area contributed by atoms with Crippen LogP contribution in [0.2, 0.25) is 0 Å². The van der Waals surface area contributed by atoms with Crippen LogP contribution in [-0.2, 0) is 4.79 Å². The van der Waals surface area contributed by atoms with Gasteiger partial charge in [0.05, 0.1) is 0 Å². The average Bonchev–Trinajstić information content (AvgIpc) is 1.67. The fourth-order valence-corrected chi connectivity index (χ4v) is 1.55. The van der Waals surface area contributed by atoms with E-state index < -0.39 is 17.9 Å². The van der Waals surface area contributed by atoms with Crippen molar-refractivity contribution in [3.05, 3.63) is 0 Å². The Balaban J connectivity index is 3.32. The molecular weight excluding hydrogens is 242 g/mol. The summed E-state index contributed by atoms with van der Waals surface area (Å²) in [4.78, 5) is 10.5. The number of carbonyl (C=O) groups is 1. The molecule has 0 rings (SSSR count). The van der Waals surface area contributed by atoms with Gasteiger partial charge < -0.3 is 0 Å². The summed E-state index contributed by atoms with van der Waals surface area (Å²) in [6.45, 7) is 4.14.